The highest BCUT2D eigenvalue weighted by molar-refractivity contribution is 6.31. The van der Waals surface area contributed by atoms with Gasteiger partial charge in [0, 0.05) is 5.69 Å². The Hall–Kier alpha value is -0.980. The number of carbonyl (C=O) groups is 1. The Balaban J connectivity index is 0.00000200. The van der Waals surface area contributed by atoms with E-state index in [1.54, 1.807) is 0 Å². The summed E-state index contributed by atoms with van der Waals surface area (Å²) < 4.78 is 38.0. The first-order chi connectivity index (χ1) is 8.88. The monoisotopic (exact) mass is 328 g/mol. The van der Waals surface area contributed by atoms with E-state index in [1.807, 2.05) is 0 Å². The van der Waals surface area contributed by atoms with E-state index in [-0.39, 0.29) is 35.1 Å². The van der Waals surface area contributed by atoms with Gasteiger partial charge in [0.15, 0.2) is 0 Å². The lowest BCUT2D eigenvalue weighted by molar-refractivity contribution is -0.137. The molecule has 0 aliphatic carbocycles. The SMILES string of the molecule is Cl.O=C(Nc1ccc(Cl)c(C(F)(F)F)c1)C1CCCN1. The molecule has 2 N–H and O–H groups in total. The van der Waals surface area contributed by atoms with Crippen LogP contribution < -0.4 is 10.6 Å². The summed E-state index contributed by atoms with van der Waals surface area (Å²) in [5, 5.41) is 5.05. The van der Waals surface area contributed by atoms with Crippen molar-refractivity contribution in [1.29, 1.82) is 0 Å². The topological polar surface area (TPSA) is 41.1 Å². The number of alkyl halides is 3. The predicted octanol–water partition coefficient (Wildman–Crippen LogP) is 3.47. The van der Waals surface area contributed by atoms with Crippen molar-refractivity contribution in [3.8, 4) is 0 Å². The van der Waals surface area contributed by atoms with Crippen molar-refractivity contribution in [1.82, 2.24) is 5.32 Å². The van der Waals surface area contributed by atoms with Gasteiger partial charge in [-0.2, -0.15) is 13.2 Å². The number of anilines is 1. The molecule has 1 aliphatic rings. The van der Waals surface area contributed by atoms with E-state index in [0.29, 0.717) is 6.42 Å². The molecule has 1 atom stereocenters. The normalized spacial score (nSPS) is 18.5. The summed E-state index contributed by atoms with van der Waals surface area (Å²) in [7, 11) is 0. The molecular formula is C12H13Cl2F3N2O. The average molecular weight is 329 g/mol. The highest BCUT2D eigenvalue weighted by atomic mass is 35.5. The molecule has 1 aromatic rings. The molecule has 20 heavy (non-hydrogen) atoms. The van der Waals surface area contributed by atoms with Gasteiger partial charge in [0.25, 0.3) is 0 Å². The number of benzene rings is 1. The zero-order chi connectivity index (χ0) is 14.0. The predicted molar refractivity (Wildman–Crippen MR) is 73.4 cm³/mol. The molecule has 1 amide bonds. The van der Waals surface area contributed by atoms with Crippen molar-refractivity contribution in [2.45, 2.75) is 25.1 Å². The second-order valence-corrected chi connectivity index (χ2v) is 4.74. The number of hydrogen-bond acceptors (Lipinski definition) is 2. The fourth-order valence-electron chi connectivity index (χ4n) is 1.96. The van der Waals surface area contributed by atoms with Crippen LogP contribution in [0, 0.1) is 0 Å². The molecule has 1 saturated heterocycles. The maximum atomic E-state index is 12.7. The van der Waals surface area contributed by atoms with Crippen molar-refractivity contribution >= 4 is 35.6 Å². The molecule has 1 aromatic carbocycles. The zero-order valence-corrected chi connectivity index (χ0v) is 11.8. The summed E-state index contributed by atoms with van der Waals surface area (Å²) in [6, 6.07) is 2.98. The van der Waals surface area contributed by atoms with Crippen LogP contribution in [0.25, 0.3) is 0 Å². The summed E-state index contributed by atoms with van der Waals surface area (Å²) in [6.07, 6.45) is -2.97. The molecule has 1 unspecified atom stereocenters. The van der Waals surface area contributed by atoms with Crippen molar-refractivity contribution in [3.05, 3.63) is 28.8 Å². The van der Waals surface area contributed by atoms with E-state index in [1.165, 1.54) is 6.07 Å². The van der Waals surface area contributed by atoms with E-state index in [0.717, 1.165) is 25.1 Å². The van der Waals surface area contributed by atoms with Crippen LogP contribution in [-0.4, -0.2) is 18.5 Å². The third-order valence-electron chi connectivity index (χ3n) is 2.92. The Bertz CT molecular complexity index is 488. The van der Waals surface area contributed by atoms with Crippen molar-refractivity contribution < 1.29 is 18.0 Å². The van der Waals surface area contributed by atoms with Gasteiger partial charge in [-0.05, 0) is 37.6 Å². The summed E-state index contributed by atoms with van der Waals surface area (Å²) in [6.45, 7) is 0.743. The number of amides is 1. The molecule has 0 aromatic heterocycles. The van der Waals surface area contributed by atoms with E-state index in [4.69, 9.17) is 11.6 Å². The summed E-state index contributed by atoms with van der Waals surface area (Å²) in [5.41, 5.74) is -0.859. The number of hydrogen-bond donors (Lipinski definition) is 2. The Morgan fingerprint density at radius 3 is 2.65 bits per heavy atom. The molecule has 1 fully saturated rings. The Labute approximate surface area is 125 Å². The van der Waals surface area contributed by atoms with Gasteiger partial charge >= 0.3 is 6.18 Å². The second kappa shape index (κ2) is 6.65. The number of carbonyl (C=O) groups excluding carboxylic acids is 1. The lowest BCUT2D eigenvalue weighted by Gasteiger charge is -2.14. The molecule has 0 saturated carbocycles. The number of rotatable bonds is 2. The summed E-state index contributed by atoms with van der Waals surface area (Å²) in [5.74, 6) is -0.326. The third-order valence-corrected chi connectivity index (χ3v) is 3.25. The highest BCUT2D eigenvalue weighted by Gasteiger charge is 2.33. The lowest BCUT2D eigenvalue weighted by atomic mass is 10.1. The number of nitrogens with one attached hydrogen (secondary N) is 2. The Morgan fingerprint density at radius 2 is 2.10 bits per heavy atom. The fraction of sp³-hybridized carbons (Fsp3) is 0.417. The van der Waals surface area contributed by atoms with Crippen molar-refractivity contribution in [2.75, 3.05) is 11.9 Å². The van der Waals surface area contributed by atoms with Gasteiger partial charge in [-0.15, -0.1) is 12.4 Å². The summed E-state index contributed by atoms with van der Waals surface area (Å²) in [4.78, 5) is 11.8. The van der Waals surface area contributed by atoms with Crippen LogP contribution in [0.3, 0.4) is 0 Å². The lowest BCUT2D eigenvalue weighted by Crippen LogP contribution is -2.35. The minimum absolute atomic E-state index is 0. The Kier molecular flexibility index (Phi) is 5.68. The molecule has 1 aliphatic heterocycles. The summed E-state index contributed by atoms with van der Waals surface area (Å²) >= 11 is 5.50. The minimum atomic E-state index is -4.54. The van der Waals surface area contributed by atoms with Crippen LogP contribution in [0.15, 0.2) is 18.2 Å². The fourth-order valence-corrected chi connectivity index (χ4v) is 2.18. The molecular weight excluding hydrogens is 316 g/mol. The van der Waals surface area contributed by atoms with Crippen molar-refractivity contribution in [2.24, 2.45) is 0 Å². The van der Waals surface area contributed by atoms with Gasteiger partial charge in [0.2, 0.25) is 5.91 Å². The van der Waals surface area contributed by atoms with Gasteiger partial charge in [-0.1, -0.05) is 11.6 Å². The van der Waals surface area contributed by atoms with Crippen molar-refractivity contribution in [3.63, 3.8) is 0 Å². The Morgan fingerprint density at radius 1 is 1.40 bits per heavy atom. The zero-order valence-electron chi connectivity index (χ0n) is 10.3. The largest absolute Gasteiger partial charge is 0.417 e. The van der Waals surface area contributed by atoms with Crippen LogP contribution in [0.5, 0.6) is 0 Å². The maximum absolute atomic E-state index is 12.7. The van der Waals surface area contributed by atoms with Gasteiger partial charge in [-0.3, -0.25) is 4.79 Å². The van der Waals surface area contributed by atoms with Gasteiger partial charge in [-0.25, -0.2) is 0 Å². The second-order valence-electron chi connectivity index (χ2n) is 4.33. The van der Waals surface area contributed by atoms with E-state index < -0.39 is 11.7 Å². The molecule has 0 bridgehead atoms. The maximum Gasteiger partial charge on any atom is 0.417 e. The molecule has 8 heteroatoms. The average Bonchev–Trinajstić information content (AvgIpc) is 2.83. The van der Waals surface area contributed by atoms with E-state index in [9.17, 15) is 18.0 Å². The van der Waals surface area contributed by atoms with Crippen LogP contribution in [-0.2, 0) is 11.0 Å². The molecule has 1 heterocycles. The molecule has 0 radical (unpaired) electrons. The van der Waals surface area contributed by atoms with Crippen LogP contribution in [0.4, 0.5) is 18.9 Å². The standard InChI is InChI=1S/C12H12ClF3N2O.ClH/c13-9-4-3-7(6-8(9)12(14,15)16)18-11(19)10-2-1-5-17-10;/h3-4,6,10,17H,1-2,5H2,(H,18,19);1H. The van der Waals surface area contributed by atoms with Gasteiger partial charge in [0.1, 0.15) is 0 Å². The molecule has 0 spiro atoms. The highest BCUT2D eigenvalue weighted by Crippen LogP contribution is 2.36. The van der Waals surface area contributed by atoms with Crippen LogP contribution in [0.2, 0.25) is 5.02 Å². The van der Waals surface area contributed by atoms with Crippen LogP contribution in [0.1, 0.15) is 18.4 Å². The molecule has 112 valence electrons. The quantitative estimate of drug-likeness (QED) is 0.872. The third kappa shape index (κ3) is 4.01. The number of halogens is 5. The first kappa shape index (κ1) is 17.1. The minimum Gasteiger partial charge on any atom is -0.325 e. The first-order valence-electron chi connectivity index (χ1n) is 5.79. The van der Waals surface area contributed by atoms with Crippen LogP contribution >= 0.6 is 24.0 Å². The van der Waals surface area contributed by atoms with E-state index >= 15 is 0 Å². The van der Waals surface area contributed by atoms with Gasteiger partial charge in [0.05, 0.1) is 16.6 Å². The molecule has 3 nitrogen and oxygen atoms in total. The first-order valence-corrected chi connectivity index (χ1v) is 6.17. The van der Waals surface area contributed by atoms with E-state index in [2.05, 4.69) is 10.6 Å². The molecule has 2 rings (SSSR count). The van der Waals surface area contributed by atoms with Gasteiger partial charge < -0.3 is 10.6 Å². The smallest absolute Gasteiger partial charge is 0.325 e.